The first-order chi connectivity index (χ1) is 13.6. The first-order valence-electron chi connectivity index (χ1n) is 8.92. The van der Waals surface area contributed by atoms with Crippen molar-refractivity contribution >= 4 is 29.3 Å². The first-order valence-corrected chi connectivity index (χ1v) is 8.92. The highest BCUT2D eigenvalue weighted by atomic mass is 16.5. The third-order valence-corrected chi connectivity index (χ3v) is 4.02. The van der Waals surface area contributed by atoms with Gasteiger partial charge in [0.25, 0.3) is 0 Å². The lowest BCUT2D eigenvalue weighted by atomic mass is 9.95. The molecule has 29 heavy (non-hydrogen) atoms. The molecule has 152 valence electrons. The Morgan fingerprint density at radius 3 is 1.76 bits per heavy atom. The average molecular weight is 397 g/mol. The number of nitrogens with one attached hydrogen (secondary N) is 1. The molecule has 2 aromatic rings. The van der Waals surface area contributed by atoms with E-state index in [1.807, 2.05) is 0 Å². The van der Waals surface area contributed by atoms with E-state index in [4.69, 9.17) is 4.74 Å². The zero-order valence-corrected chi connectivity index (χ0v) is 16.8. The van der Waals surface area contributed by atoms with Crippen LogP contribution in [-0.2, 0) is 14.3 Å². The van der Waals surface area contributed by atoms with Gasteiger partial charge >= 0.3 is 11.9 Å². The lowest BCUT2D eigenvalue weighted by Crippen LogP contribution is -2.27. The van der Waals surface area contributed by atoms with E-state index in [2.05, 4.69) is 10.1 Å². The third-order valence-electron chi connectivity index (χ3n) is 4.02. The van der Waals surface area contributed by atoms with E-state index in [-0.39, 0.29) is 17.3 Å². The molecule has 0 fully saturated rings. The zero-order chi connectivity index (χ0) is 21.6. The summed E-state index contributed by atoms with van der Waals surface area (Å²) in [7, 11) is 1.27. The minimum absolute atomic E-state index is 0.135. The number of hydrogen-bond donors (Lipinski definition) is 1. The Kier molecular flexibility index (Phi) is 6.88. The maximum Gasteiger partial charge on any atom is 0.338 e. The van der Waals surface area contributed by atoms with Crippen LogP contribution < -0.4 is 5.32 Å². The normalized spacial score (nSPS) is 10.8. The smallest absolute Gasteiger partial charge is 0.338 e. The Hall–Kier alpha value is -3.48. The lowest BCUT2D eigenvalue weighted by Gasteiger charge is -2.17. The van der Waals surface area contributed by atoms with Crippen molar-refractivity contribution in [2.24, 2.45) is 5.41 Å². The minimum Gasteiger partial charge on any atom is -0.465 e. The largest absolute Gasteiger partial charge is 0.465 e. The predicted octanol–water partition coefficient (Wildman–Crippen LogP) is 3.50. The van der Waals surface area contributed by atoms with Crippen molar-refractivity contribution in [2.45, 2.75) is 20.8 Å². The van der Waals surface area contributed by atoms with Gasteiger partial charge in [0.05, 0.1) is 18.2 Å². The van der Waals surface area contributed by atoms with Gasteiger partial charge in [-0.1, -0.05) is 20.8 Å². The lowest BCUT2D eigenvalue weighted by molar-refractivity contribution is -0.123. The highest BCUT2D eigenvalue weighted by molar-refractivity contribution is 6.00. The van der Waals surface area contributed by atoms with Crippen LogP contribution in [-0.4, -0.2) is 37.3 Å². The van der Waals surface area contributed by atoms with Gasteiger partial charge in [0.1, 0.15) is 0 Å². The number of rotatable bonds is 6. The number of ketones is 1. The zero-order valence-electron chi connectivity index (χ0n) is 16.8. The van der Waals surface area contributed by atoms with Gasteiger partial charge in [-0.25, -0.2) is 9.59 Å². The molecule has 2 aromatic carbocycles. The van der Waals surface area contributed by atoms with Crippen molar-refractivity contribution in [2.75, 3.05) is 19.0 Å². The number of methoxy groups -OCH3 is 1. The summed E-state index contributed by atoms with van der Waals surface area (Å²) >= 11 is 0. The maximum atomic E-state index is 12.2. The molecule has 0 saturated carbocycles. The van der Waals surface area contributed by atoms with Crippen molar-refractivity contribution in [3.8, 4) is 0 Å². The average Bonchev–Trinajstić information content (AvgIpc) is 2.71. The van der Waals surface area contributed by atoms with E-state index in [1.165, 1.54) is 31.4 Å². The summed E-state index contributed by atoms with van der Waals surface area (Å²) in [5.74, 6) is -1.70. The molecule has 0 atom stereocenters. The molecule has 0 aromatic heterocycles. The van der Waals surface area contributed by atoms with Crippen LogP contribution in [0.3, 0.4) is 0 Å². The fourth-order valence-electron chi connectivity index (χ4n) is 2.22. The Balaban J connectivity index is 1.92. The second-order valence-corrected chi connectivity index (χ2v) is 7.35. The Morgan fingerprint density at radius 1 is 0.793 bits per heavy atom. The van der Waals surface area contributed by atoms with Gasteiger partial charge in [0.2, 0.25) is 5.91 Å². The molecular weight excluding hydrogens is 374 g/mol. The van der Waals surface area contributed by atoms with E-state index in [0.717, 1.165) is 0 Å². The van der Waals surface area contributed by atoms with E-state index >= 15 is 0 Å². The molecule has 0 heterocycles. The number of anilines is 1. The molecule has 2 rings (SSSR count). The van der Waals surface area contributed by atoms with Crippen LogP contribution >= 0.6 is 0 Å². The summed E-state index contributed by atoms with van der Waals surface area (Å²) in [5.41, 5.74) is 0.916. The fraction of sp³-hybridized carbons (Fsp3) is 0.273. The molecule has 7 heteroatoms. The van der Waals surface area contributed by atoms with Crippen LogP contribution in [0.2, 0.25) is 0 Å². The molecule has 0 aliphatic carbocycles. The second kappa shape index (κ2) is 9.14. The molecular formula is C22H23NO6. The summed E-state index contributed by atoms with van der Waals surface area (Å²) in [6.07, 6.45) is 0. The van der Waals surface area contributed by atoms with Gasteiger partial charge in [0, 0.05) is 16.7 Å². The highest BCUT2D eigenvalue weighted by Gasteiger charge is 2.21. The Labute approximate surface area is 169 Å². The van der Waals surface area contributed by atoms with Crippen LogP contribution in [0.4, 0.5) is 5.69 Å². The molecule has 0 radical (unpaired) electrons. The van der Waals surface area contributed by atoms with Crippen LogP contribution in [0.1, 0.15) is 51.8 Å². The molecule has 1 N–H and O–H groups in total. The maximum absolute atomic E-state index is 12.2. The predicted molar refractivity (Wildman–Crippen MR) is 107 cm³/mol. The summed E-state index contributed by atoms with van der Waals surface area (Å²) in [5, 5.41) is 2.77. The second-order valence-electron chi connectivity index (χ2n) is 7.35. The number of amides is 1. The molecule has 0 bridgehead atoms. The number of esters is 2. The van der Waals surface area contributed by atoms with Crippen LogP contribution in [0.5, 0.6) is 0 Å². The number of carbonyl (C=O) groups excluding carboxylic acids is 4. The third kappa shape index (κ3) is 6.00. The highest BCUT2D eigenvalue weighted by Crippen LogP contribution is 2.18. The monoisotopic (exact) mass is 397 g/mol. The van der Waals surface area contributed by atoms with E-state index < -0.39 is 24.0 Å². The summed E-state index contributed by atoms with van der Waals surface area (Å²) in [6, 6.07) is 12.1. The van der Waals surface area contributed by atoms with Gasteiger partial charge in [0.15, 0.2) is 12.4 Å². The summed E-state index contributed by atoms with van der Waals surface area (Å²) < 4.78 is 9.62. The van der Waals surface area contributed by atoms with Crippen LogP contribution in [0.15, 0.2) is 48.5 Å². The van der Waals surface area contributed by atoms with E-state index in [0.29, 0.717) is 16.8 Å². The molecule has 0 spiro atoms. The quantitative estimate of drug-likeness (QED) is 0.592. The number of carbonyl (C=O) groups is 4. The van der Waals surface area contributed by atoms with Gasteiger partial charge in [-0.05, 0) is 48.5 Å². The number of hydrogen-bond acceptors (Lipinski definition) is 6. The SMILES string of the molecule is COC(=O)c1ccc(C(=O)OCC(=O)c2ccc(NC(=O)C(C)(C)C)cc2)cc1. The van der Waals surface area contributed by atoms with Gasteiger partial charge in [-0.2, -0.15) is 0 Å². The molecule has 0 saturated heterocycles. The topological polar surface area (TPSA) is 98.8 Å². The molecule has 0 aliphatic rings. The summed E-state index contributed by atoms with van der Waals surface area (Å²) in [4.78, 5) is 47.7. The molecule has 0 unspecified atom stereocenters. The number of ether oxygens (including phenoxy) is 2. The molecule has 7 nitrogen and oxygen atoms in total. The van der Waals surface area contributed by atoms with Gasteiger partial charge in [-0.15, -0.1) is 0 Å². The Bertz CT molecular complexity index is 908. The minimum atomic E-state index is -0.677. The van der Waals surface area contributed by atoms with E-state index in [9.17, 15) is 19.2 Å². The van der Waals surface area contributed by atoms with Crippen molar-refractivity contribution < 1.29 is 28.7 Å². The first kappa shape index (κ1) is 21.8. The summed E-state index contributed by atoms with van der Waals surface area (Å²) in [6.45, 7) is 4.98. The van der Waals surface area contributed by atoms with Crippen molar-refractivity contribution in [1.82, 2.24) is 0 Å². The number of benzene rings is 2. The van der Waals surface area contributed by atoms with Crippen molar-refractivity contribution in [3.63, 3.8) is 0 Å². The molecule has 1 amide bonds. The standard InChI is InChI=1S/C22H23NO6/c1-22(2,3)21(27)23-17-11-9-14(10-12-17)18(24)13-29-20(26)16-7-5-15(6-8-16)19(25)28-4/h5-12H,13H2,1-4H3,(H,23,27). The van der Waals surface area contributed by atoms with Crippen molar-refractivity contribution in [1.29, 1.82) is 0 Å². The van der Waals surface area contributed by atoms with Gasteiger partial charge < -0.3 is 14.8 Å². The number of Topliss-reactive ketones (excluding diaryl/α,β-unsaturated/α-hetero) is 1. The van der Waals surface area contributed by atoms with E-state index in [1.54, 1.807) is 45.0 Å². The Morgan fingerprint density at radius 2 is 1.28 bits per heavy atom. The molecule has 0 aliphatic heterocycles. The fourth-order valence-corrected chi connectivity index (χ4v) is 2.22. The van der Waals surface area contributed by atoms with Crippen molar-refractivity contribution in [3.05, 3.63) is 65.2 Å². The van der Waals surface area contributed by atoms with Crippen LogP contribution in [0, 0.1) is 5.41 Å². The van der Waals surface area contributed by atoms with Crippen LogP contribution in [0.25, 0.3) is 0 Å². The van der Waals surface area contributed by atoms with Gasteiger partial charge in [-0.3, -0.25) is 9.59 Å².